The molecule has 6 heteroatoms. The van der Waals surface area contributed by atoms with Gasteiger partial charge in [-0.25, -0.2) is 9.18 Å². The van der Waals surface area contributed by atoms with Gasteiger partial charge in [-0.2, -0.15) is 0 Å². The van der Waals surface area contributed by atoms with Crippen LogP contribution in [-0.2, 0) is 4.79 Å². The average Bonchev–Trinajstić information content (AvgIpc) is 3.15. The SMILES string of the molecule is CCC1CCC(COc2cc(F)c(C(=O)N3CC4CC3(C(=O)O)C4)cc2C2CC2)C1. The van der Waals surface area contributed by atoms with E-state index in [4.69, 9.17) is 4.74 Å². The van der Waals surface area contributed by atoms with Crippen molar-refractivity contribution in [2.75, 3.05) is 13.2 Å². The van der Waals surface area contributed by atoms with Crippen molar-refractivity contribution in [2.24, 2.45) is 17.8 Å². The summed E-state index contributed by atoms with van der Waals surface area (Å²) in [5, 5.41) is 9.65. The van der Waals surface area contributed by atoms with Crippen molar-refractivity contribution in [1.29, 1.82) is 0 Å². The zero-order valence-electron chi connectivity index (χ0n) is 17.5. The van der Waals surface area contributed by atoms with Crippen LogP contribution in [0, 0.1) is 23.6 Å². The minimum atomic E-state index is -1.14. The van der Waals surface area contributed by atoms with Crippen LogP contribution in [0.5, 0.6) is 5.75 Å². The summed E-state index contributed by atoms with van der Waals surface area (Å²) < 4.78 is 21.1. The molecule has 1 aromatic carbocycles. The molecular formula is C24H30FNO4. The number of carbonyl (C=O) groups excluding carboxylic acids is 1. The van der Waals surface area contributed by atoms with E-state index in [2.05, 4.69) is 6.92 Å². The molecule has 2 atom stereocenters. The summed E-state index contributed by atoms with van der Waals surface area (Å²) >= 11 is 0. The van der Waals surface area contributed by atoms with Gasteiger partial charge in [0.25, 0.3) is 5.91 Å². The Morgan fingerprint density at radius 1 is 1.20 bits per heavy atom. The summed E-state index contributed by atoms with van der Waals surface area (Å²) in [6, 6.07) is 3.00. The Kier molecular flexibility index (Phi) is 4.79. The fourth-order valence-electron chi connectivity index (χ4n) is 5.87. The van der Waals surface area contributed by atoms with Crippen molar-refractivity contribution in [1.82, 2.24) is 4.90 Å². The van der Waals surface area contributed by atoms with Gasteiger partial charge < -0.3 is 14.7 Å². The van der Waals surface area contributed by atoms with Gasteiger partial charge >= 0.3 is 5.97 Å². The van der Waals surface area contributed by atoms with Crippen LogP contribution >= 0.6 is 0 Å². The number of fused-ring (bicyclic) bond motifs is 1. The van der Waals surface area contributed by atoms with Crippen LogP contribution in [0.15, 0.2) is 12.1 Å². The van der Waals surface area contributed by atoms with Crippen LogP contribution in [0.3, 0.4) is 0 Å². The molecule has 0 radical (unpaired) electrons. The lowest BCUT2D eigenvalue weighted by Crippen LogP contribution is -2.54. The number of hydrogen-bond acceptors (Lipinski definition) is 3. The van der Waals surface area contributed by atoms with E-state index < -0.39 is 23.2 Å². The monoisotopic (exact) mass is 415 g/mol. The topological polar surface area (TPSA) is 66.8 Å². The zero-order chi connectivity index (χ0) is 21.0. The molecule has 2 saturated heterocycles. The maximum atomic E-state index is 15.0. The number of carbonyl (C=O) groups is 2. The summed E-state index contributed by atoms with van der Waals surface area (Å²) in [5.74, 6) is 0.285. The third-order valence-corrected chi connectivity index (χ3v) is 7.90. The Bertz CT molecular complexity index is 874. The van der Waals surface area contributed by atoms with Crippen LogP contribution in [0.1, 0.15) is 80.1 Å². The number of aliphatic carboxylic acids is 1. The highest BCUT2D eigenvalue weighted by Crippen LogP contribution is 2.52. The maximum Gasteiger partial charge on any atom is 0.329 e. The zero-order valence-corrected chi connectivity index (χ0v) is 17.5. The molecule has 0 aromatic heterocycles. The summed E-state index contributed by atoms with van der Waals surface area (Å²) in [7, 11) is 0. The molecule has 3 saturated carbocycles. The van der Waals surface area contributed by atoms with Crippen molar-refractivity contribution in [3.8, 4) is 5.75 Å². The third-order valence-electron chi connectivity index (χ3n) is 7.90. The summed E-state index contributed by atoms with van der Waals surface area (Å²) in [5.41, 5.74) is -0.244. The summed E-state index contributed by atoms with van der Waals surface area (Å²) in [6.07, 6.45) is 7.75. The minimum Gasteiger partial charge on any atom is -0.493 e. The van der Waals surface area contributed by atoms with E-state index in [9.17, 15) is 14.7 Å². The standard InChI is InChI=1S/C24H30FNO4/c1-2-14-3-4-15(7-14)13-30-21-9-20(25)19(8-18(21)17-5-6-17)22(27)26-12-16-10-24(26,11-16)23(28)29/h8-9,14-17H,2-7,10-13H2,1H3,(H,28,29). The van der Waals surface area contributed by atoms with Crippen LogP contribution in [0.4, 0.5) is 4.39 Å². The molecule has 2 aliphatic heterocycles. The lowest BCUT2D eigenvalue weighted by molar-refractivity contribution is -0.151. The average molecular weight is 416 g/mol. The molecule has 3 aliphatic carbocycles. The molecule has 1 aromatic rings. The smallest absolute Gasteiger partial charge is 0.329 e. The van der Waals surface area contributed by atoms with Crippen LogP contribution in [-0.4, -0.2) is 40.6 Å². The van der Waals surface area contributed by atoms with Crippen LogP contribution < -0.4 is 4.74 Å². The molecule has 0 spiro atoms. The molecular weight excluding hydrogens is 385 g/mol. The molecule has 5 fully saturated rings. The molecule has 6 rings (SSSR count). The van der Waals surface area contributed by atoms with Gasteiger partial charge in [0.1, 0.15) is 17.1 Å². The van der Waals surface area contributed by atoms with Crippen LogP contribution in [0.25, 0.3) is 0 Å². The van der Waals surface area contributed by atoms with Gasteiger partial charge in [-0.1, -0.05) is 19.8 Å². The molecule has 162 valence electrons. The second-order valence-corrected chi connectivity index (χ2v) is 9.94. The Hall–Kier alpha value is -2.11. The molecule has 5 nitrogen and oxygen atoms in total. The Labute approximate surface area is 176 Å². The van der Waals surface area contributed by atoms with E-state index in [1.165, 1.54) is 30.2 Å². The summed E-state index contributed by atoms with van der Waals surface area (Å²) in [6.45, 7) is 3.23. The van der Waals surface area contributed by atoms with Gasteiger partial charge in [0.05, 0.1) is 12.2 Å². The highest BCUT2D eigenvalue weighted by atomic mass is 19.1. The normalized spacial score (nSPS) is 32.2. The lowest BCUT2D eigenvalue weighted by atomic mass is 9.73. The maximum absolute atomic E-state index is 15.0. The first-order valence-electron chi connectivity index (χ1n) is 11.4. The molecule has 2 bridgehead atoms. The van der Waals surface area contributed by atoms with Gasteiger partial charge in [0.15, 0.2) is 0 Å². The number of hydrogen-bond donors (Lipinski definition) is 1. The van der Waals surface area contributed by atoms with Crippen LogP contribution in [0.2, 0.25) is 0 Å². The largest absolute Gasteiger partial charge is 0.493 e. The van der Waals surface area contributed by atoms with Gasteiger partial charge in [0.2, 0.25) is 0 Å². The van der Waals surface area contributed by atoms with Gasteiger partial charge in [-0.05, 0) is 73.8 Å². The van der Waals surface area contributed by atoms with Crippen molar-refractivity contribution < 1.29 is 23.8 Å². The molecule has 2 heterocycles. The van der Waals surface area contributed by atoms with E-state index in [0.29, 0.717) is 43.6 Å². The number of amides is 1. The number of benzene rings is 1. The van der Waals surface area contributed by atoms with E-state index in [0.717, 1.165) is 30.7 Å². The lowest BCUT2D eigenvalue weighted by Gasteiger charge is -2.37. The van der Waals surface area contributed by atoms with Gasteiger partial charge in [-0.3, -0.25) is 4.79 Å². The first-order chi connectivity index (χ1) is 14.4. The summed E-state index contributed by atoms with van der Waals surface area (Å²) in [4.78, 5) is 26.3. The van der Waals surface area contributed by atoms with Crippen molar-refractivity contribution in [3.63, 3.8) is 0 Å². The fourth-order valence-corrected chi connectivity index (χ4v) is 5.87. The second kappa shape index (κ2) is 7.24. The number of nitrogens with zero attached hydrogens (tertiary/aromatic N) is 1. The highest BCUT2D eigenvalue weighted by molar-refractivity contribution is 5.99. The van der Waals surface area contributed by atoms with E-state index in [1.54, 1.807) is 6.07 Å². The first-order valence-corrected chi connectivity index (χ1v) is 11.4. The Morgan fingerprint density at radius 3 is 2.57 bits per heavy atom. The quantitative estimate of drug-likeness (QED) is 0.707. The molecule has 30 heavy (non-hydrogen) atoms. The number of halogens is 1. The minimum absolute atomic E-state index is 0.00987. The van der Waals surface area contributed by atoms with Crippen molar-refractivity contribution in [2.45, 2.75) is 69.7 Å². The first kappa shape index (κ1) is 19.8. The Morgan fingerprint density at radius 2 is 1.93 bits per heavy atom. The molecule has 1 N–H and O–H groups in total. The van der Waals surface area contributed by atoms with Gasteiger partial charge in [0, 0.05) is 12.6 Å². The van der Waals surface area contributed by atoms with E-state index in [-0.39, 0.29) is 11.5 Å². The van der Waals surface area contributed by atoms with Gasteiger partial charge in [-0.15, -0.1) is 0 Å². The molecule has 1 amide bonds. The second-order valence-electron chi connectivity index (χ2n) is 9.94. The number of ether oxygens (including phenoxy) is 1. The molecule has 5 aliphatic rings. The predicted molar refractivity (Wildman–Crippen MR) is 109 cm³/mol. The fraction of sp³-hybridized carbons (Fsp3) is 0.667. The predicted octanol–water partition coefficient (Wildman–Crippen LogP) is 4.60. The number of carboxylic acid groups (broad SMARTS) is 1. The number of rotatable bonds is 7. The van der Waals surface area contributed by atoms with Crippen molar-refractivity contribution in [3.05, 3.63) is 29.1 Å². The Balaban J connectivity index is 1.36. The van der Waals surface area contributed by atoms with E-state index >= 15 is 4.39 Å². The van der Waals surface area contributed by atoms with Crippen molar-refractivity contribution >= 4 is 11.9 Å². The third kappa shape index (κ3) is 3.19. The number of carboxylic acids is 1. The molecule has 2 unspecified atom stereocenters. The van der Waals surface area contributed by atoms with E-state index in [1.807, 2.05) is 0 Å². The highest BCUT2D eigenvalue weighted by Gasteiger charge is 2.63.